The van der Waals surface area contributed by atoms with Gasteiger partial charge in [-0.1, -0.05) is 42.1 Å². The second-order valence-electron chi connectivity index (χ2n) is 2.53. The van der Waals surface area contributed by atoms with Crippen LogP contribution in [0.1, 0.15) is 10.4 Å². The van der Waals surface area contributed by atoms with Crippen LogP contribution < -0.4 is 0 Å². The predicted octanol–water partition coefficient (Wildman–Crippen LogP) is 2.15. The summed E-state index contributed by atoms with van der Waals surface area (Å²) in [5.41, 5.74) is 0.519. The molecule has 0 saturated heterocycles. The van der Waals surface area contributed by atoms with E-state index in [-0.39, 0.29) is 5.78 Å². The van der Waals surface area contributed by atoms with Crippen LogP contribution in [0.4, 0.5) is 4.79 Å². The number of benzene rings is 1. The van der Waals surface area contributed by atoms with Crippen molar-refractivity contribution in [3.63, 3.8) is 0 Å². The Labute approximate surface area is 97.4 Å². The van der Waals surface area contributed by atoms with Gasteiger partial charge in [0.05, 0.1) is 6.26 Å². The number of carboxylic acid groups (broad SMARTS) is 1. The molecular formula is C11H11NO5. The van der Waals surface area contributed by atoms with Gasteiger partial charge in [-0.2, -0.15) is 0 Å². The third-order valence-electron chi connectivity index (χ3n) is 1.42. The fraction of sp³-hybridized carbons (Fsp3) is 0. The second-order valence-corrected chi connectivity index (χ2v) is 2.53. The maximum absolute atomic E-state index is 10.9. The van der Waals surface area contributed by atoms with Gasteiger partial charge in [-0.05, 0) is 0 Å². The van der Waals surface area contributed by atoms with Crippen molar-refractivity contribution in [2.45, 2.75) is 0 Å². The first kappa shape index (κ1) is 14.4. The number of hydrogen-bond acceptors (Lipinski definition) is 5. The summed E-state index contributed by atoms with van der Waals surface area (Å²) < 4.78 is 3.72. The summed E-state index contributed by atoms with van der Waals surface area (Å²) in [5, 5.41) is 18.3. The van der Waals surface area contributed by atoms with Gasteiger partial charge in [0.2, 0.25) is 5.78 Å². The van der Waals surface area contributed by atoms with E-state index in [2.05, 4.69) is 16.5 Å². The molecule has 0 unspecified atom stereocenters. The monoisotopic (exact) mass is 237 g/mol. The Kier molecular flexibility index (Phi) is 7.32. The fourth-order valence-corrected chi connectivity index (χ4v) is 0.801. The van der Waals surface area contributed by atoms with E-state index in [9.17, 15) is 9.59 Å². The average molecular weight is 237 g/mol. The molecule has 1 rings (SSSR count). The molecule has 0 aliphatic rings. The molecule has 0 aliphatic heterocycles. The van der Waals surface area contributed by atoms with Gasteiger partial charge in [0, 0.05) is 5.56 Å². The number of ketones is 1. The SMILES string of the molecule is C=COC(=O)O.O=C(C=NO)c1ccccc1. The first-order valence-corrected chi connectivity index (χ1v) is 4.39. The van der Waals surface area contributed by atoms with E-state index in [1.807, 2.05) is 6.07 Å². The Hall–Kier alpha value is -2.63. The zero-order chi connectivity index (χ0) is 13.1. The van der Waals surface area contributed by atoms with E-state index in [0.717, 1.165) is 12.5 Å². The lowest BCUT2D eigenvalue weighted by atomic mass is 10.1. The summed E-state index contributed by atoms with van der Waals surface area (Å²) in [5.74, 6) is -0.298. The van der Waals surface area contributed by atoms with Crippen molar-refractivity contribution in [3.8, 4) is 0 Å². The van der Waals surface area contributed by atoms with E-state index < -0.39 is 6.16 Å². The topological polar surface area (TPSA) is 96.2 Å². The molecule has 0 fully saturated rings. The molecule has 2 N–H and O–H groups in total. The van der Waals surface area contributed by atoms with Gasteiger partial charge in [-0.15, -0.1) is 0 Å². The number of ether oxygens (including phenoxy) is 1. The normalized spacial score (nSPS) is 8.94. The maximum atomic E-state index is 10.9. The molecule has 0 aromatic heterocycles. The van der Waals surface area contributed by atoms with Crippen LogP contribution in [0.2, 0.25) is 0 Å². The summed E-state index contributed by atoms with van der Waals surface area (Å²) in [6.45, 7) is 3.00. The van der Waals surface area contributed by atoms with Gasteiger partial charge in [0.15, 0.2) is 0 Å². The van der Waals surface area contributed by atoms with E-state index in [1.54, 1.807) is 24.3 Å². The zero-order valence-electron chi connectivity index (χ0n) is 8.81. The lowest BCUT2D eigenvalue weighted by Crippen LogP contribution is -1.98. The summed E-state index contributed by atoms with van der Waals surface area (Å²) in [6.07, 6.45) is 0.391. The Morgan fingerprint density at radius 3 is 2.24 bits per heavy atom. The van der Waals surface area contributed by atoms with E-state index in [0.29, 0.717) is 5.56 Å². The fourth-order valence-electron chi connectivity index (χ4n) is 0.801. The summed E-state index contributed by atoms with van der Waals surface area (Å²) >= 11 is 0. The van der Waals surface area contributed by atoms with Crippen LogP contribution in [0.3, 0.4) is 0 Å². The highest BCUT2D eigenvalue weighted by Crippen LogP contribution is 1.97. The van der Waals surface area contributed by atoms with Gasteiger partial charge >= 0.3 is 6.16 Å². The third kappa shape index (κ3) is 7.32. The minimum Gasteiger partial charge on any atom is -0.449 e. The van der Waals surface area contributed by atoms with Crippen LogP contribution in [-0.4, -0.2) is 28.5 Å². The van der Waals surface area contributed by atoms with Crippen LogP contribution in [0.5, 0.6) is 0 Å². The van der Waals surface area contributed by atoms with E-state index in [4.69, 9.17) is 10.3 Å². The molecule has 0 saturated carbocycles. The van der Waals surface area contributed by atoms with Crippen LogP contribution in [0.15, 0.2) is 48.3 Å². The van der Waals surface area contributed by atoms with Crippen molar-refractivity contribution in [1.82, 2.24) is 0 Å². The van der Waals surface area contributed by atoms with Crippen molar-refractivity contribution in [1.29, 1.82) is 0 Å². The Morgan fingerprint density at radius 2 is 1.88 bits per heavy atom. The Morgan fingerprint density at radius 1 is 1.29 bits per heavy atom. The summed E-state index contributed by atoms with van der Waals surface area (Å²) in [6, 6.07) is 8.62. The maximum Gasteiger partial charge on any atom is 0.510 e. The Balaban J connectivity index is 0.000000366. The largest absolute Gasteiger partial charge is 0.510 e. The van der Waals surface area contributed by atoms with Crippen molar-refractivity contribution in [2.24, 2.45) is 5.16 Å². The number of Topliss-reactive ketones (excluding diaryl/α,β-unsaturated/α-hetero) is 1. The second kappa shape index (κ2) is 8.66. The minimum absolute atomic E-state index is 0.298. The number of carbonyl (C=O) groups is 2. The molecule has 0 radical (unpaired) electrons. The molecule has 6 nitrogen and oxygen atoms in total. The molecule has 0 heterocycles. The quantitative estimate of drug-likeness (QED) is 0.210. The molecule has 1 aromatic rings. The molecule has 90 valence electrons. The number of nitrogens with zero attached hydrogens (tertiary/aromatic N) is 1. The van der Waals surface area contributed by atoms with Gasteiger partial charge < -0.3 is 15.1 Å². The van der Waals surface area contributed by atoms with E-state index >= 15 is 0 Å². The molecule has 0 aliphatic carbocycles. The molecule has 1 aromatic carbocycles. The van der Waals surface area contributed by atoms with E-state index in [1.165, 1.54) is 0 Å². The highest BCUT2D eigenvalue weighted by molar-refractivity contribution is 6.35. The standard InChI is InChI=1S/C8H7NO2.C3H4O3/c10-8(6-9-11)7-4-2-1-3-5-7;1-2-6-3(4)5/h1-6,11H;2H,1H2,(H,4,5). The molecule has 0 spiro atoms. The highest BCUT2D eigenvalue weighted by atomic mass is 16.7. The number of rotatable bonds is 3. The van der Waals surface area contributed by atoms with Crippen LogP contribution in [-0.2, 0) is 4.74 Å². The average Bonchev–Trinajstić information content (AvgIpc) is 2.31. The molecule has 0 bridgehead atoms. The van der Waals surface area contributed by atoms with Gasteiger partial charge in [-0.25, -0.2) is 4.79 Å². The van der Waals surface area contributed by atoms with Gasteiger partial charge in [-0.3, -0.25) is 4.79 Å². The smallest absolute Gasteiger partial charge is 0.449 e. The Bertz CT molecular complexity index is 400. The molecule has 0 amide bonds. The van der Waals surface area contributed by atoms with Crippen LogP contribution >= 0.6 is 0 Å². The lowest BCUT2D eigenvalue weighted by Gasteiger charge is -1.90. The van der Waals surface area contributed by atoms with Crippen molar-refractivity contribution >= 4 is 18.2 Å². The first-order chi connectivity index (χ1) is 8.11. The van der Waals surface area contributed by atoms with Crippen molar-refractivity contribution < 1.29 is 24.6 Å². The molecular weight excluding hydrogens is 226 g/mol. The van der Waals surface area contributed by atoms with Crippen molar-refractivity contribution in [2.75, 3.05) is 0 Å². The lowest BCUT2D eigenvalue weighted by molar-refractivity contribution is 0.106. The first-order valence-electron chi connectivity index (χ1n) is 4.39. The highest BCUT2D eigenvalue weighted by Gasteiger charge is 1.98. The zero-order valence-corrected chi connectivity index (χ0v) is 8.81. The third-order valence-corrected chi connectivity index (χ3v) is 1.42. The van der Waals surface area contributed by atoms with Gasteiger partial charge in [0.1, 0.15) is 6.21 Å². The molecule has 17 heavy (non-hydrogen) atoms. The van der Waals surface area contributed by atoms with Crippen LogP contribution in [0, 0.1) is 0 Å². The summed E-state index contributed by atoms with van der Waals surface area (Å²) in [4.78, 5) is 20.2. The van der Waals surface area contributed by atoms with Gasteiger partial charge in [0.25, 0.3) is 0 Å². The van der Waals surface area contributed by atoms with Crippen LogP contribution in [0.25, 0.3) is 0 Å². The number of hydrogen-bond donors (Lipinski definition) is 2. The molecule has 0 atom stereocenters. The summed E-state index contributed by atoms with van der Waals surface area (Å²) in [7, 11) is 0. The molecule has 6 heteroatoms. The number of carbonyl (C=O) groups excluding carboxylic acids is 1. The number of oxime groups is 1. The van der Waals surface area contributed by atoms with Crippen molar-refractivity contribution in [3.05, 3.63) is 48.7 Å². The predicted molar refractivity (Wildman–Crippen MR) is 60.4 cm³/mol. The minimum atomic E-state index is -1.33.